The number of amides is 1. The third-order valence-corrected chi connectivity index (χ3v) is 5.31. The lowest BCUT2D eigenvalue weighted by molar-refractivity contribution is -0.125. The zero-order valence-corrected chi connectivity index (χ0v) is 16.1. The largest absolute Gasteiger partial charge is 0.497 e. The number of carbonyl (C=O) groups is 1. The van der Waals surface area contributed by atoms with Gasteiger partial charge in [0.1, 0.15) is 5.75 Å². The average Bonchev–Trinajstić information content (AvgIpc) is 2.65. The van der Waals surface area contributed by atoms with Crippen LogP contribution < -0.4 is 10.1 Å². The highest BCUT2D eigenvalue weighted by Gasteiger charge is 2.25. The molecule has 1 atom stereocenters. The maximum Gasteiger partial charge on any atom is 0.223 e. The molecule has 0 bridgehead atoms. The number of nitrogens with zero attached hydrogens (tertiary/aromatic N) is 2. The maximum absolute atomic E-state index is 12.4. The molecule has 1 heterocycles. The minimum Gasteiger partial charge on any atom is -0.497 e. The quantitative estimate of drug-likeness (QED) is 0.785. The summed E-state index contributed by atoms with van der Waals surface area (Å²) < 4.78 is 5.28. The molecule has 1 N–H and O–H groups in total. The number of rotatable bonds is 8. The van der Waals surface area contributed by atoms with E-state index in [1.54, 1.807) is 7.11 Å². The Kier molecular flexibility index (Phi) is 7.72. The van der Waals surface area contributed by atoms with Crippen molar-refractivity contribution in [2.45, 2.75) is 32.7 Å². The second-order valence-corrected chi connectivity index (χ2v) is 6.89. The highest BCUT2D eigenvalue weighted by atomic mass is 16.5. The van der Waals surface area contributed by atoms with Crippen molar-refractivity contribution in [3.05, 3.63) is 29.8 Å². The van der Waals surface area contributed by atoms with Crippen molar-refractivity contribution >= 4 is 5.91 Å². The van der Waals surface area contributed by atoms with Crippen LogP contribution in [0.5, 0.6) is 5.75 Å². The minimum absolute atomic E-state index is 0.115. The molecule has 25 heavy (non-hydrogen) atoms. The first-order chi connectivity index (χ1) is 12.1. The van der Waals surface area contributed by atoms with Gasteiger partial charge in [-0.1, -0.05) is 26.0 Å². The van der Waals surface area contributed by atoms with Gasteiger partial charge in [-0.15, -0.1) is 0 Å². The lowest BCUT2D eigenvalue weighted by atomic mass is 10.0. The van der Waals surface area contributed by atoms with Crippen molar-refractivity contribution in [3.63, 3.8) is 0 Å². The van der Waals surface area contributed by atoms with Crippen molar-refractivity contribution in [1.29, 1.82) is 0 Å². The van der Waals surface area contributed by atoms with E-state index < -0.39 is 0 Å². The Morgan fingerprint density at radius 1 is 1.12 bits per heavy atom. The standard InChI is InChI=1S/C20H33N3O2/c1-5-16(6-2)20(24)21-15-19(23-13-11-22(3)12-14-23)17-7-9-18(25-4)10-8-17/h7-10,16,19H,5-6,11-15H2,1-4H3,(H,21,24). The topological polar surface area (TPSA) is 44.8 Å². The summed E-state index contributed by atoms with van der Waals surface area (Å²) in [6.07, 6.45) is 1.79. The van der Waals surface area contributed by atoms with Crippen molar-refractivity contribution < 1.29 is 9.53 Å². The predicted octanol–water partition coefficient (Wildman–Crippen LogP) is 2.54. The van der Waals surface area contributed by atoms with Gasteiger partial charge in [-0.3, -0.25) is 9.69 Å². The van der Waals surface area contributed by atoms with Gasteiger partial charge in [0.15, 0.2) is 0 Å². The Hall–Kier alpha value is -1.59. The Labute approximate surface area is 152 Å². The smallest absolute Gasteiger partial charge is 0.223 e. The fourth-order valence-electron chi connectivity index (χ4n) is 3.42. The summed E-state index contributed by atoms with van der Waals surface area (Å²) in [5, 5.41) is 3.19. The summed E-state index contributed by atoms with van der Waals surface area (Å²) in [5.41, 5.74) is 1.23. The Morgan fingerprint density at radius 2 is 1.72 bits per heavy atom. The zero-order chi connectivity index (χ0) is 18.2. The van der Waals surface area contributed by atoms with E-state index in [0.717, 1.165) is 44.8 Å². The Morgan fingerprint density at radius 3 is 2.24 bits per heavy atom. The van der Waals surface area contributed by atoms with Crippen molar-refractivity contribution in [2.24, 2.45) is 5.92 Å². The minimum atomic E-state index is 0.115. The molecule has 1 unspecified atom stereocenters. The monoisotopic (exact) mass is 347 g/mol. The molecule has 1 fully saturated rings. The van der Waals surface area contributed by atoms with E-state index >= 15 is 0 Å². The molecule has 0 aromatic heterocycles. The number of ether oxygens (including phenoxy) is 1. The molecular formula is C20H33N3O2. The first-order valence-electron chi connectivity index (χ1n) is 9.43. The fourth-order valence-corrected chi connectivity index (χ4v) is 3.42. The lowest BCUT2D eigenvalue weighted by Crippen LogP contribution is -2.48. The molecular weight excluding hydrogens is 314 g/mol. The van der Waals surface area contributed by atoms with Gasteiger partial charge in [0.05, 0.1) is 13.2 Å². The number of benzene rings is 1. The molecule has 1 aromatic carbocycles. The third-order valence-electron chi connectivity index (χ3n) is 5.31. The van der Waals surface area contributed by atoms with Crippen LogP contribution in [-0.2, 0) is 4.79 Å². The normalized spacial score (nSPS) is 17.5. The number of likely N-dealkylation sites (N-methyl/N-ethyl adjacent to an activating group) is 1. The third kappa shape index (κ3) is 5.44. The van der Waals surface area contributed by atoms with Gasteiger partial charge in [-0.2, -0.15) is 0 Å². The average molecular weight is 348 g/mol. The zero-order valence-electron chi connectivity index (χ0n) is 16.1. The number of hydrogen-bond donors (Lipinski definition) is 1. The summed E-state index contributed by atoms with van der Waals surface area (Å²) in [7, 11) is 3.84. The maximum atomic E-state index is 12.4. The van der Waals surface area contributed by atoms with Crippen LogP contribution in [0.25, 0.3) is 0 Å². The molecule has 0 aliphatic carbocycles. The highest BCUT2D eigenvalue weighted by Crippen LogP contribution is 2.24. The molecule has 0 radical (unpaired) electrons. The van der Waals surface area contributed by atoms with Gasteiger partial charge in [0, 0.05) is 38.6 Å². The highest BCUT2D eigenvalue weighted by molar-refractivity contribution is 5.78. The van der Waals surface area contributed by atoms with E-state index in [1.165, 1.54) is 5.56 Å². The summed E-state index contributed by atoms with van der Waals surface area (Å²) >= 11 is 0. The van der Waals surface area contributed by atoms with Crippen LogP contribution in [0.15, 0.2) is 24.3 Å². The van der Waals surface area contributed by atoms with Gasteiger partial charge in [0.25, 0.3) is 0 Å². The Bertz CT molecular complexity index is 520. The number of hydrogen-bond acceptors (Lipinski definition) is 4. The SMILES string of the molecule is CCC(CC)C(=O)NCC(c1ccc(OC)cc1)N1CCN(C)CC1. The van der Waals surface area contributed by atoms with Gasteiger partial charge in [-0.05, 0) is 37.6 Å². The number of piperazine rings is 1. The summed E-state index contributed by atoms with van der Waals surface area (Å²) in [4.78, 5) is 17.3. The number of methoxy groups -OCH3 is 1. The van der Waals surface area contributed by atoms with E-state index in [-0.39, 0.29) is 17.9 Å². The van der Waals surface area contributed by atoms with Crippen LogP contribution in [-0.4, -0.2) is 62.6 Å². The van der Waals surface area contributed by atoms with Crippen LogP contribution in [0.4, 0.5) is 0 Å². The van der Waals surface area contributed by atoms with Gasteiger partial charge < -0.3 is 15.0 Å². The number of carbonyl (C=O) groups excluding carboxylic acids is 1. The summed E-state index contributed by atoms with van der Waals surface area (Å²) in [5.74, 6) is 1.16. The molecule has 5 nitrogen and oxygen atoms in total. The summed E-state index contributed by atoms with van der Waals surface area (Å²) in [6.45, 7) is 8.98. The molecule has 140 valence electrons. The van der Waals surface area contributed by atoms with Gasteiger partial charge in [0.2, 0.25) is 5.91 Å². The van der Waals surface area contributed by atoms with Gasteiger partial charge >= 0.3 is 0 Å². The Balaban J connectivity index is 2.09. The van der Waals surface area contributed by atoms with E-state index in [0.29, 0.717) is 6.54 Å². The van der Waals surface area contributed by atoms with Crippen LogP contribution in [0.3, 0.4) is 0 Å². The van der Waals surface area contributed by atoms with Crippen LogP contribution in [0.2, 0.25) is 0 Å². The van der Waals surface area contributed by atoms with Crippen LogP contribution in [0.1, 0.15) is 38.3 Å². The lowest BCUT2D eigenvalue weighted by Gasteiger charge is -2.38. The molecule has 1 aromatic rings. The van der Waals surface area contributed by atoms with Crippen molar-refractivity contribution in [1.82, 2.24) is 15.1 Å². The molecule has 2 rings (SSSR count). The fraction of sp³-hybridized carbons (Fsp3) is 0.650. The molecule has 1 amide bonds. The molecule has 0 saturated carbocycles. The van der Waals surface area contributed by atoms with E-state index in [2.05, 4.69) is 48.1 Å². The molecule has 1 saturated heterocycles. The number of nitrogens with one attached hydrogen (secondary N) is 1. The van der Waals surface area contributed by atoms with Gasteiger partial charge in [-0.25, -0.2) is 0 Å². The molecule has 1 aliphatic rings. The van der Waals surface area contributed by atoms with Crippen molar-refractivity contribution in [3.8, 4) is 5.75 Å². The first-order valence-corrected chi connectivity index (χ1v) is 9.43. The van der Waals surface area contributed by atoms with E-state index in [1.807, 2.05) is 12.1 Å². The predicted molar refractivity (Wildman–Crippen MR) is 102 cm³/mol. The molecule has 5 heteroatoms. The second-order valence-electron chi connectivity index (χ2n) is 6.89. The van der Waals surface area contributed by atoms with E-state index in [9.17, 15) is 4.79 Å². The van der Waals surface area contributed by atoms with Crippen LogP contribution >= 0.6 is 0 Å². The molecule has 0 spiro atoms. The molecule has 1 aliphatic heterocycles. The summed E-state index contributed by atoms with van der Waals surface area (Å²) in [6, 6.07) is 8.44. The van der Waals surface area contributed by atoms with E-state index in [4.69, 9.17) is 4.74 Å². The second kappa shape index (κ2) is 9.78. The van der Waals surface area contributed by atoms with Crippen molar-refractivity contribution in [2.75, 3.05) is 46.9 Å². The van der Waals surface area contributed by atoms with Crippen LogP contribution in [0, 0.1) is 5.92 Å². The first kappa shape index (κ1) is 19.7.